The van der Waals surface area contributed by atoms with Gasteiger partial charge in [0, 0.05) is 9.77 Å². The molecular formula is C13H10IN3O2S. The summed E-state index contributed by atoms with van der Waals surface area (Å²) in [5.74, 6) is 0.130. The highest BCUT2D eigenvalue weighted by atomic mass is 127. The van der Waals surface area contributed by atoms with Crippen molar-refractivity contribution in [2.24, 2.45) is 0 Å². The Kier molecular flexibility index (Phi) is 4.57. The van der Waals surface area contributed by atoms with Crippen molar-refractivity contribution in [2.75, 3.05) is 4.72 Å². The molecule has 7 heteroatoms. The van der Waals surface area contributed by atoms with Gasteiger partial charge < -0.3 is 0 Å². The van der Waals surface area contributed by atoms with E-state index >= 15 is 0 Å². The van der Waals surface area contributed by atoms with E-state index in [1.807, 2.05) is 6.07 Å². The van der Waals surface area contributed by atoms with E-state index in [4.69, 9.17) is 5.26 Å². The molecule has 1 aromatic carbocycles. The summed E-state index contributed by atoms with van der Waals surface area (Å²) in [5.41, 5.74) is 1.11. The topological polar surface area (TPSA) is 82.8 Å². The molecule has 0 aliphatic carbocycles. The Hall–Kier alpha value is -1.66. The normalized spacial score (nSPS) is 10.8. The fourth-order valence-electron chi connectivity index (χ4n) is 1.53. The van der Waals surface area contributed by atoms with Gasteiger partial charge in [-0.1, -0.05) is 12.1 Å². The summed E-state index contributed by atoms with van der Waals surface area (Å²) >= 11 is 2.09. The number of halogens is 1. The molecule has 1 aromatic heterocycles. The van der Waals surface area contributed by atoms with Gasteiger partial charge in [0.2, 0.25) is 10.0 Å². The lowest BCUT2D eigenvalue weighted by molar-refractivity contribution is 0.600. The van der Waals surface area contributed by atoms with Crippen LogP contribution in [0, 0.1) is 14.9 Å². The molecule has 102 valence electrons. The largest absolute Gasteiger partial charge is 0.267 e. The van der Waals surface area contributed by atoms with Crippen molar-refractivity contribution in [1.29, 1.82) is 5.26 Å². The maximum atomic E-state index is 12.0. The van der Waals surface area contributed by atoms with Gasteiger partial charge in [0.25, 0.3) is 0 Å². The lowest BCUT2D eigenvalue weighted by Gasteiger charge is -2.07. The molecule has 1 N–H and O–H groups in total. The molecule has 0 aliphatic rings. The number of anilines is 1. The summed E-state index contributed by atoms with van der Waals surface area (Å²) < 4.78 is 27.3. The Morgan fingerprint density at radius 3 is 2.45 bits per heavy atom. The van der Waals surface area contributed by atoms with Crippen molar-refractivity contribution in [3.05, 3.63) is 57.3 Å². The Morgan fingerprint density at radius 2 is 1.90 bits per heavy atom. The minimum atomic E-state index is -3.52. The van der Waals surface area contributed by atoms with Gasteiger partial charge >= 0.3 is 0 Å². The van der Waals surface area contributed by atoms with Gasteiger partial charge in [-0.3, -0.25) is 4.72 Å². The SMILES string of the molecule is N#Cc1ccc(CS(=O)(=O)Nc2ccc(I)cn2)cc1. The van der Waals surface area contributed by atoms with E-state index in [1.54, 1.807) is 42.6 Å². The highest BCUT2D eigenvalue weighted by Crippen LogP contribution is 2.12. The molecule has 2 aromatic rings. The molecule has 0 atom stereocenters. The highest BCUT2D eigenvalue weighted by molar-refractivity contribution is 14.1. The van der Waals surface area contributed by atoms with Gasteiger partial charge in [0.1, 0.15) is 5.82 Å². The molecule has 0 aliphatic heterocycles. The maximum Gasteiger partial charge on any atom is 0.238 e. The predicted molar refractivity (Wildman–Crippen MR) is 84.4 cm³/mol. The van der Waals surface area contributed by atoms with Crippen molar-refractivity contribution in [3.8, 4) is 6.07 Å². The Balaban J connectivity index is 2.10. The zero-order chi connectivity index (χ0) is 14.6. The Labute approximate surface area is 130 Å². The molecule has 0 saturated carbocycles. The monoisotopic (exact) mass is 399 g/mol. The molecule has 5 nitrogen and oxygen atoms in total. The molecule has 0 unspecified atom stereocenters. The molecule has 0 amide bonds. The van der Waals surface area contributed by atoms with Crippen LogP contribution in [0.1, 0.15) is 11.1 Å². The molecule has 0 bridgehead atoms. The molecule has 0 radical (unpaired) electrons. The number of hydrogen-bond acceptors (Lipinski definition) is 4. The molecule has 2 rings (SSSR count). The number of sulfonamides is 1. The van der Waals surface area contributed by atoms with Crippen molar-refractivity contribution >= 4 is 38.4 Å². The Bertz CT molecular complexity index is 735. The maximum absolute atomic E-state index is 12.0. The minimum absolute atomic E-state index is 0.160. The number of nitrogens with zero attached hydrogens (tertiary/aromatic N) is 2. The number of benzene rings is 1. The Morgan fingerprint density at radius 1 is 1.20 bits per heavy atom. The van der Waals surface area contributed by atoms with Crippen LogP contribution in [0.15, 0.2) is 42.6 Å². The quantitative estimate of drug-likeness (QED) is 0.801. The van der Waals surface area contributed by atoms with Crippen molar-refractivity contribution in [3.63, 3.8) is 0 Å². The zero-order valence-electron chi connectivity index (χ0n) is 10.2. The van der Waals surface area contributed by atoms with E-state index in [-0.39, 0.29) is 5.75 Å². The third kappa shape index (κ3) is 4.18. The number of aromatic nitrogens is 1. The molecule has 0 spiro atoms. The second-order valence-corrected chi connectivity index (χ2v) is 7.00. The van der Waals surface area contributed by atoms with Crippen LogP contribution in [0.25, 0.3) is 0 Å². The first kappa shape index (κ1) is 14.7. The van der Waals surface area contributed by atoms with Crippen LogP contribution in [-0.4, -0.2) is 13.4 Å². The lowest BCUT2D eigenvalue weighted by Crippen LogP contribution is -2.15. The summed E-state index contributed by atoms with van der Waals surface area (Å²) in [4.78, 5) is 3.99. The van der Waals surface area contributed by atoms with Crippen LogP contribution in [0.4, 0.5) is 5.82 Å². The van der Waals surface area contributed by atoms with E-state index in [2.05, 4.69) is 32.3 Å². The van der Waals surface area contributed by atoms with E-state index in [1.165, 1.54) is 0 Å². The number of rotatable bonds is 4. The van der Waals surface area contributed by atoms with Gasteiger partial charge in [0.05, 0.1) is 17.4 Å². The van der Waals surface area contributed by atoms with E-state index < -0.39 is 10.0 Å². The molecule has 0 saturated heterocycles. The standard InChI is InChI=1S/C13H10IN3O2S/c14-12-5-6-13(16-8-12)17-20(18,19)9-11-3-1-10(7-15)2-4-11/h1-6,8H,9H2,(H,16,17). The number of pyridine rings is 1. The highest BCUT2D eigenvalue weighted by Gasteiger charge is 2.12. The summed E-state index contributed by atoms with van der Waals surface area (Å²) in [7, 11) is -3.52. The molecular weight excluding hydrogens is 389 g/mol. The van der Waals surface area contributed by atoms with E-state index in [0.29, 0.717) is 16.9 Å². The van der Waals surface area contributed by atoms with Crippen molar-refractivity contribution in [1.82, 2.24) is 4.98 Å². The van der Waals surface area contributed by atoms with Crippen LogP contribution >= 0.6 is 22.6 Å². The smallest absolute Gasteiger partial charge is 0.238 e. The third-order valence-corrected chi connectivity index (χ3v) is 4.30. The zero-order valence-corrected chi connectivity index (χ0v) is 13.2. The second-order valence-electron chi connectivity index (χ2n) is 4.03. The molecule has 0 fully saturated rings. The van der Waals surface area contributed by atoms with Gasteiger partial charge in [0.15, 0.2) is 0 Å². The van der Waals surface area contributed by atoms with Gasteiger partial charge in [-0.25, -0.2) is 13.4 Å². The first-order valence-corrected chi connectivity index (χ1v) is 8.33. The summed E-state index contributed by atoms with van der Waals surface area (Å²) in [6.45, 7) is 0. The number of nitriles is 1. The van der Waals surface area contributed by atoms with Crippen molar-refractivity contribution < 1.29 is 8.42 Å². The fourth-order valence-corrected chi connectivity index (χ4v) is 2.99. The van der Waals surface area contributed by atoms with E-state index in [9.17, 15) is 8.42 Å². The van der Waals surface area contributed by atoms with Crippen LogP contribution in [0.2, 0.25) is 0 Å². The van der Waals surface area contributed by atoms with Gasteiger partial charge in [-0.05, 0) is 52.4 Å². The van der Waals surface area contributed by atoms with Crippen LogP contribution in [-0.2, 0) is 15.8 Å². The van der Waals surface area contributed by atoms with Crippen LogP contribution in [0.5, 0.6) is 0 Å². The minimum Gasteiger partial charge on any atom is -0.267 e. The number of nitrogens with one attached hydrogen (secondary N) is 1. The van der Waals surface area contributed by atoms with Crippen LogP contribution in [0.3, 0.4) is 0 Å². The van der Waals surface area contributed by atoms with Crippen LogP contribution < -0.4 is 4.72 Å². The molecule has 1 heterocycles. The van der Waals surface area contributed by atoms with Gasteiger partial charge in [-0.2, -0.15) is 5.26 Å². The second kappa shape index (κ2) is 6.19. The average molecular weight is 399 g/mol. The number of hydrogen-bond donors (Lipinski definition) is 1. The summed E-state index contributed by atoms with van der Waals surface area (Å²) in [5, 5.41) is 8.69. The first-order chi connectivity index (χ1) is 9.48. The summed E-state index contributed by atoms with van der Waals surface area (Å²) in [6.07, 6.45) is 1.58. The summed E-state index contributed by atoms with van der Waals surface area (Å²) in [6, 6.07) is 11.8. The fraction of sp³-hybridized carbons (Fsp3) is 0.0769. The average Bonchev–Trinajstić information content (AvgIpc) is 2.41. The van der Waals surface area contributed by atoms with Gasteiger partial charge in [-0.15, -0.1) is 0 Å². The van der Waals surface area contributed by atoms with Crippen molar-refractivity contribution in [2.45, 2.75) is 5.75 Å². The van der Waals surface area contributed by atoms with E-state index in [0.717, 1.165) is 3.57 Å². The first-order valence-electron chi connectivity index (χ1n) is 5.59. The third-order valence-electron chi connectivity index (χ3n) is 2.43. The lowest BCUT2D eigenvalue weighted by atomic mass is 10.2. The predicted octanol–water partition coefficient (Wildman–Crippen LogP) is 2.50. The molecule has 20 heavy (non-hydrogen) atoms.